The normalized spacial score (nSPS) is 16.6. The maximum Gasteiger partial charge on any atom is 0.123 e. The van der Waals surface area contributed by atoms with Crippen LogP contribution in [0.1, 0.15) is 30.3 Å². The van der Waals surface area contributed by atoms with Gasteiger partial charge in [0.25, 0.3) is 0 Å². The van der Waals surface area contributed by atoms with Gasteiger partial charge in [0, 0.05) is 12.6 Å². The van der Waals surface area contributed by atoms with Crippen molar-refractivity contribution in [3.63, 3.8) is 0 Å². The highest BCUT2D eigenvalue weighted by Gasteiger charge is 2.31. The minimum atomic E-state index is -0.605. The highest BCUT2D eigenvalue weighted by atomic mass is 19.1. The van der Waals surface area contributed by atoms with E-state index in [0.29, 0.717) is 19.1 Å². The molecule has 0 aliphatic heterocycles. The van der Waals surface area contributed by atoms with E-state index in [1.165, 1.54) is 12.1 Å². The molecule has 1 fully saturated rings. The number of rotatable bonds is 6. The first-order valence-electron chi connectivity index (χ1n) is 6.92. The third-order valence-corrected chi connectivity index (χ3v) is 3.66. The first-order valence-corrected chi connectivity index (χ1v) is 6.92. The van der Waals surface area contributed by atoms with E-state index in [0.717, 1.165) is 24.2 Å². The molecule has 0 amide bonds. The Bertz CT molecular complexity index is 534. The quantitative estimate of drug-likeness (QED) is 0.880. The molecule has 2 aromatic rings. The first-order chi connectivity index (χ1) is 9.72. The average Bonchev–Trinajstić information content (AvgIpc) is 3.17. The Hall–Kier alpha value is -1.65. The third kappa shape index (κ3) is 3.26. The minimum Gasteiger partial charge on any atom is -0.468 e. The van der Waals surface area contributed by atoms with Gasteiger partial charge in [0.15, 0.2) is 0 Å². The van der Waals surface area contributed by atoms with Crippen LogP contribution in [0.15, 0.2) is 47.1 Å². The summed E-state index contributed by atoms with van der Waals surface area (Å²) in [4.78, 5) is 2.23. The van der Waals surface area contributed by atoms with Crippen LogP contribution in [-0.4, -0.2) is 22.6 Å². The number of halogens is 1. The monoisotopic (exact) mass is 275 g/mol. The highest BCUT2D eigenvalue weighted by Crippen LogP contribution is 2.30. The van der Waals surface area contributed by atoms with Crippen molar-refractivity contribution in [2.45, 2.75) is 31.5 Å². The fourth-order valence-corrected chi connectivity index (χ4v) is 2.40. The van der Waals surface area contributed by atoms with Gasteiger partial charge in [0.05, 0.1) is 18.9 Å². The number of benzene rings is 1. The largest absolute Gasteiger partial charge is 0.468 e. The summed E-state index contributed by atoms with van der Waals surface area (Å²) in [5, 5.41) is 10.3. The van der Waals surface area contributed by atoms with E-state index in [2.05, 4.69) is 4.90 Å². The molecule has 1 aliphatic rings. The molecule has 1 atom stereocenters. The summed E-state index contributed by atoms with van der Waals surface area (Å²) in [5.74, 6) is 0.624. The second kappa shape index (κ2) is 5.77. The molecule has 3 nitrogen and oxygen atoms in total. The Kier molecular flexibility index (Phi) is 3.85. The standard InChI is InChI=1S/C16H18FNO2/c17-13-5-3-12(4-6-13)16(19)11-18(14-7-8-14)10-15-2-1-9-20-15/h1-6,9,14,16,19H,7-8,10-11H2. The van der Waals surface area contributed by atoms with Gasteiger partial charge in [0.2, 0.25) is 0 Å². The summed E-state index contributed by atoms with van der Waals surface area (Å²) in [6, 6.07) is 10.4. The van der Waals surface area contributed by atoms with Crippen molar-refractivity contribution in [2.75, 3.05) is 6.54 Å². The summed E-state index contributed by atoms with van der Waals surface area (Å²) in [5.41, 5.74) is 0.747. The predicted octanol–water partition coefficient (Wildman–Crippen LogP) is 3.12. The maximum absolute atomic E-state index is 12.9. The molecule has 4 heteroatoms. The Balaban J connectivity index is 1.65. The molecule has 0 radical (unpaired) electrons. The van der Waals surface area contributed by atoms with Gasteiger partial charge in [-0.1, -0.05) is 12.1 Å². The Morgan fingerprint density at radius 1 is 1.25 bits per heavy atom. The van der Waals surface area contributed by atoms with E-state index in [4.69, 9.17) is 4.42 Å². The number of nitrogens with zero attached hydrogens (tertiary/aromatic N) is 1. The zero-order valence-corrected chi connectivity index (χ0v) is 11.2. The van der Waals surface area contributed by atoms with Crippen LogP contribution in [0.5, 0.6) is 0 Å². The van der Waals surface area contributed by atoms with E-state index in [1.807, 2.05) is 12.1 Å². The predicted molar refractivity (Wildman–Crippen MR) is 73.5 cm³/mol. The molecule has 1 N–H and O–H groups in total. The van der Waals surface area contributed by atoms with Gasteiger partial charge in [0.1, 0.15) is 11.6 Å². The Labute approximate surface area is 117 Å². The van der Waals surface area contributed by atoms with Gasteiger partial charge in [-0.15, -0.1) is 0 Å². The smallest absolute Gasteiger partial charge is 0.123 e. The summed E-state index contributed by atoms with van der Waals surface area (Å²) in [6.07, 6.45) is 3.39. The Morgan fingerprint density at radius 2 is 2.00 bits per heavy atom. The van der Waals surface area contributed by atoms with E-state index < -0.39 is 6.10 Å². The zero-order chi connectivity index (χ0) is 13.9. The molecule has 0 saturated heterocycles. The van der Waals surface area contributed by atoms with Crippen LogP contribution in [0, 0.1) is 5.82 Å². The van der Waals surface area contributed by atoms with Crippen LogP contribution >= 0.6 is 0 Å². The number of furan rings is 1. The molecule has 1 aliphatic carbocycles. The molecule has 1 saturated carbocycles. The fraction of sp³-hybridized carbons (Fsp3) is 0.375. The van der Waals surface area contributed by atoms with Gasteiger partial charge in [-0.25, -0.2) is 4.39 Å². The van der Waals surface area contributed by atoms with Crippen molar-refractivity contribution in [1.82, 2.24) is 4.90 Å². The van der Waals surface area contributed by atoms with Crippen LogP contribution in [0.2, 0.25) is 0 Å². The molecule has 3 rings (SSSR count). The lowest BCUT2D eigenvalue weighted by atomic mass is 10.1. The van der Waals surface area contributed by atoms with E-state index >= 15 is 0 Å². The third-order valence-electron chi connectivity index (χ3n) is 3.66. The van der Waals surface area contributed by atoms with Gasteiger partial charge >= 0.3 is 0 Å². The molecule has 1 aromatic heterocycles. The van der Waals surface area contributed by atoms with Crippen LogP contribution in [0.3, 0.4) is 0 Å². The molecule has 20 heavy (non-hydrogen) atoms. The molecule has 0 spiro atoms. The van der Waals surface area contributed by atoms with Crippen LogP contribution in [-0.2, 0) is 6.54 Å². The van der Waals surface area contributed by atoms with E-state index in [9.17, 15) is 9.50 Å². The Morgan fingerprint density at radius 3 is 2.60 bits per heavy atom. The SMILES string of the molecule is OC(CN(Cc1ccco1)C1CC1)c1ccc(F)cc1. The van der Waals surface area contributed by atoms with Crippen LogP contribution in [0.25, 0.3) is 0 Å². The fourth-order valence-electron chi connectivity index (χ4n) is 2.40. The number of hydrogen-bond acceptors (Lipinski definition) is 3. The topological polar surface area (TPSA) is 36.6 Å². The lowest BCUT2D eigenvalue weighted by Gasteiger charge is -2.24. The molecule has 106 valence electrons. The average molecular weight is 275 g/mol. The van der Waals surface area contributed by atoms with E-state index in [1.54, 1.807) is 18.4 Å². The molecular weight excluding hydrogens is 257 g/mol. The van der Waals surface area contributed by atoms with Crippen molar-refractivity contribution in [1.29, 1.82) is 0 Å². The van der Waals surface area contributed by atoms with Crippen molar-refractivity contribution < 1.29 is 13.9 Å². The van der Waals surface area contributed by atoms with Gasteiger partial charge < -0.3 is 9.52 Å². The molecule has 1 unspecified atom stereocenters. The molecular formula is C16H18FNO2. The zero-order valence-electron chi connectivity index (χ0n) is 11.2. The summed E-state index contributed by atoms with van der Waals surface area (Å²) in [6.45, 7) is 1.24. The van der Waals surface area contributed by atoms with Crippen molar-refractivity contribution >= 4 is 0 Å². The lowest BCUT2D eigenvalue weighted by molar-refractivity contribution is 0.0999. The van der Waals surface area contributed by atoms with Gasteiger partial charge in [-0.3, -0.25) is 4.90 Å². The summed E-state index contributed by atoms with van der Waals surface area (Å²) >= 11 is 0. The second-order valence-electron chi connectivity index (χ2n) is 5.31. The number of aliphatic hydroxyl groups excluding tert-OH is 1. The highest BCUT2D eigenvalue weighted by molar-refractivity contribution is 5.19. The molecule has 1 aromatic carbocycles. The summed E-state index contributed by atoms with van der Waals surface area (Å²) in [7, 11) is 0. The van der Waals surface area contributed by atoms with E-state index in [-0.39, 0.29) is 5.82 Å². The summed E-state index contributed by atoms with van der Waals surface area (Å²) < 4.78 is 18.3. The van der Waals surface area contributed by atoms with Crippen molar-refractivity contribution in [3.05, 3.63) is 59.8 Å². The number of hydrogen-bond donors (Lipinski definition) is 1. The lowest BCUT2D eigenvalue weighted by Crippen LogP contribution is -2.30. The van der Waals surface area contributed by atoms with Crippen molar-refractivity contribution in [3.8, 4) is 0 Å². The molecule has 1 heterocycles. The van der Waals surface area contributed by atoms with Gasteiger partial charge in [-0.05, 0) is 42.7 Å². The first kappa shape index (κ1) is 13.3. The maximum atomic E-state index is 12.9. The van der Waals surface area contributed by atoms with Gasteiger partial charge in [-0.2, -0.15) is 0 Å². The van der Waals surface area contributed by atoms with Crippen molar-refractivity contribution in [2.24, 2.45) is 0 Å². The second-order valence-corrected chi connectivity index (χ2v) is 5.31. The van der Waals surface area contributed by atoms with Crippen LogP contribution < -0.4 is 0 Å². The molecule has 0 bridgehead atoms. The minimum absolute atomic E-state index is 0.282. The number of aliphatic hydroxyl groups is 1. The van der Waals surface area contributed by atoms with Crippen LogP contribution in [0.4, 0.5) is 4.39 Å².